The minimum absolute atomic E-state index is 0.0869. The second-order valence-electron chi connectivity index (χ2n) is 7.08. The van der Waals surface area contributed by atoms with Gasteiger partial charge in [-0.05, 0) is 46.8 Å². The van der Waals surface area contributed by atoms with Crippen molar-refractivity contribution in [3.05, 3.63) is 29.8 Å². The van der Waals surface area contributed by atoms with E-state index < -0.39 is 11.7 Å². The molecule has 1 aliphatic rings. The predicted molar refractivity (Wildman–Crippen MR) is 83.2 cm³/mol. The molecule has 2 rings (SSSR count). The Labute approximate surface area is 122 Å². The number of rotatable bonds is 3. The van der Waals surface area contributed by atoms with E-state index in [1.54, 1.807) is 0 Å². The molecule has 0 saturated carbocycles. The molecule has 0 spiro atoms. The van der Waals surface area contributed by atoms with Crippen LogP contribution in [-0.4, -0.2) is 36.0 Å². The molecule has 0 bridgehead atoms. The van der Waals surface area contributed by atoms with Gasteiger partial charge in [-0.1, -0.05) is 17.7 Å². The molecule has 2 unspecified atom stereocenters. The van der Waals surface area contributed by atoms with E-state index in [9.17, 15) is 5.11 Å². The summed E-state index contributed by atoms with van der Waals surface area (Å²) in [5, 5.41) is 10.5. The molecular formula is C17H27NO2. The van der Waals surface area contributed by atoms with Crippen LogP contribution >= 0.6 is 0 Å². The topological polar surface area (TPSA) is 32.7 Å². The molecular weight excluding hydrogens is 250 g/mol. The standard InChI is InChI=1S/C17H27NO2/c1-12-7-9-13(10-8-12)18(6)11-14-15(19)17(4,5)20-16(14,2)3/h7-10,14-15,19H,11H2,1-6H3. The maximum atomic E-state index is 10.5. The predicted octanol–water partition coefficient (Wildman–Crippen LogP) is 3.00. The average molecular weight is 277 g/mol. The van der Waals surface area contributed by atoms with Crippen LogP contribution in [0.1, 0.15) is 33.3 Å². The highest BCUT2D eigenvalue weighted by Crippen LogP contribution is 2.42. The van der Waals surface area contributed by atoms with Gasteiger partial charge in [-0.15, -0.1) is 0 Å². The maximum Gasteiger partial charge on any atom is 0.0897 e. The molecule has 1 aromatic rings. The summed E-state index contributed by atoms with van der Waals surface area (Å²) in [5.74, 6) is 0.0869. The maximum absolute atomic E-state index is 10.5. The van der Waals surface area contributed by atoms with E-state index in [2.05, 4.69) is 57.0 Å². The third kappa shape index (κ3) is 2.84. The number of benzene rings is 1. The summed E-state index contributed by atoms with van der Waals surface area (Å²) >= 11 is 0. The third-order valence-corrected chi connectivity index (χ3v) is 4.46. The number of aliphatic hydroxyl groups is 1. The fourth-order valence-corrected chi connectivity index (χ4v) is 3.20. The molecule has 112 valence electrons. The first-order valence-corrected chi connectivity index (χ1v) is 7.29. The number of hydrogen-bond acceptors (Lipinski definition) is 3. The minimum Gasteiger partial charge on any atom is -0.390 e. The molecule has 1 fully saturated rings. The van der Waals surface area contributed by atoms with Gasteiger partial charge < -0.3 is 14.7 Å². The van der Waals surface area contributed by atoms with Crippen LogP contribution in [-0.2, 0) is 4.74 Å². The van der Waals surface area contributed by atoms with Crippen molar-refractivity contribution in [3.63, 3.8) is 0 Å². The van der Waals surface area contributed by atoms with Crippen LogP contribution in [0.2, 0.25) is 0 Å². The van der Waals surface area contributed by atoms with Gasteiger partial charge in [0, 0.05) is 25.2 Å². The number of hydrogen-bond donors (Lipinski definition) is 1. The second-order valence-corrected chi connectivity index (χ2v) is 7.08. The molecule has 0 radical (unpaired) electrons. The van der Waals surface area contributed by atoms with Crippen LogP contribution in [0.5, 0.6) is 0 Å². The smallest absolute Gasteiger partial charge is 0.0897 e. The van der Waals surface area contributed by atoms with Crippen molar-refractivity contribution in [1.82, 2.24) is 0 Å². The molecule has 0 aromatic heterocycles. The van der Waals surface area contributed by atoms with Crippen LogP contribution in [0, 0.1) is 12.8 Å². The summed E-state index contributed by atoms with van der Waals surface area (Å²) in [5.41, 5.74) is 1.63. The molecule has 20 heavy (non-hydrogen) atoms. The fraction of sp³-hybridized carbons (Fsp3) is 0.647. The first-order chi connectivity index (χ1) is 9.13. The van der Waals surface area contributed by atoms with Crippen molar-refractivity contribution >= 4 is 5.69 Å². The van der Waals surface area contributed by atoms with Crippen molar-refractivity contribution in [1.29, 1.82) is 0 Å². The monoisotopic (exact) mass is 277 g/mol. The van der Waals surface area contributed by atoms with E-state index in [1.807, 2.05) is 13.8 Å². The molecule has 1 aromatic carbocycles. The summed E-state index contributed by atoms with van der Waals surface area (Å²) in [6.45, 7) is 10.9. The number of anilines is 1. The van der Waals surface area contributed by atoms with Gasteiger partial charge in [0.15, 0.2) is 0 Å². The summed E-state index contributed by atoms with van der Waals surface area (Å²) in [6.07, 6.45) is -0.453. The van der Waals surface area contributed by atoms with Crippen molar-refractivity contribution in [2.24, 2.45) is 5.92 Å². The Morgan fingerprint density at radius 3 is 2.10 bits per heavy atom. The lowest BCUT2D eigenvalue weighted by Gasteiger charge is -2.31. The molecule has 0 amide bonds. The minimum atomic E-state index is -0.484. The highest BCUT2D eigenvalue weighted by Gasteiger charge is 2.53. The van der Waals surface area contributed by atoms with Crippen LogP contribution in [0.15, 0.2) is 24.3 Å². The Morgan fingerprint density at radius 2 is 1.65 bits per heavy atom. The lowest BCUT2D eigenvalue weighted by atomic mass is 9.84. The van der Waals surface area contributed by atoms with Gasteiger partial charge in [-0.25, -0.2) is 0 Å². The molecule has 3 heteroatoms. The fourth-order valence-electron chi connectivity index (χ4n) is 3.20. The van der Waals surface area contributed by atoms with Crippen molar-refractivity contribution < 1.29 is 9.84 Å². The van der Waals surface area contributed by atoms with Gasteiger partial charge in [0.05, 0.1) is 17.3 Å². The zero-order chi connectivity index (χ0) is 15.1. The first kappa shape index (κ1) is 15.3. The second kappa shape index (κ2) is 5.05. The Morgan fingerprint density at radius 1 is 1.10 bits per heavy atom. The van der Waals surface area contributed by atoms with Crippen LogP contribution in [0.25, 0.3) is 0 Å². The first-order valence-electron chi connectivity index (χ1n) is 7.29. The van der Waals surface area contributed by atoms with Crippen molar-refractivity contribution in [2.45, 2.75) is 51.9 Å². The summed E-state index contributed by atoms with van der Waals surface area (Å²) in [4.78, 5) is 2.19. The molecule has 2 atom stereocenters. The Balaban J connectivity index is 2.14. The molecule has 1 saturated heterocycles. The lowest BCUT2D eigenvalue weighted by molar-refractivity contribution is -0.0906. The summed E-state index contributed by atoms with van der Waals surface area (Å²) < 4.78 is 6.04. The third-order valence-electron chi connectivity index (χ3n) is 4.46. The molecule has 3 nitrogen and oxygen atoms in total. The van der Waals surface area contributed by atoms with Crippen molar-refractivity contribution in [2.75, 3.05) is 18.5 Å². The number of aliphatic hydroxyl groups excluding tert-OH is 1. The van der Waals surface area contributed by atoms with Crippen LogP contribution < -0.4 is 4.90 Å². The lowest BCUT2D eigenvalue weighted by Crippen LogP contribution is -2.42. The van der Waals surface area contributed by atoms with Gasteiger partial charge >= 0.3 is 0 Å². The van der Waals surface area contributed by atoms with Crippen LogP contribution in [0.3, 0.4) is 0 Å². The molecule has 1 heterocycles. The van der Waals surface area contributed by atoms with Crippen LogP contribution in [0.4, 0.5) is 5.69 Å². The van der Waals surface area contributed by atoms with Gasteiger partial charge in [0.25, 0.3) is 0 Å². The highest BCUT2D eigenvalue weighted by molar-refractivity contribution is 5.46. The largest absolute Gasteiger partial charge is 0.390 e. The molecule has 1 N–H and O–H groups in total. The normalized spacial score (nSPS) is 27.6. The zero-order valence-corrected chi connectivity index (χ0v) is 13.5. The SMILES string of the molecule is Cc1ccc(N(C)CC2C(O)C(C)(C)OC2(C)C)cc1. The molecule has 0 aliphatic carbocycles. The van der Waals surface area contributed by atoms with Gasteiger partial charge in [0.1, 0.15) is 0 Å². The summed E-state index contributed by atoms with van der Waals surface area (Å²) in [7, 11) is 2.07. The van der Waals surface area contributed by atoms with Crippen molar-refractivity contribution in [3.8, 4) is 0 Å². The van der Waals surface area contributed by atoms with Gasteiger partial charge in [0.2, 0.25) is 0 Å². The van der Waals surface area contributed by atoms with Gasteiger partial charge in [-0.3, -0.25) is 0 Å². The summed E-state index contributed by atoms with van der Waals surface area (Å²) in [6, 6.07) is 8.47. The van der Waals surface area contributed by atoms with E-state index in [0.29, 0.717) is 0 Å². The van der Waals surface area contributed by atoms with E-state index in [1.165, 1.54) is 11.3 Å². The number of nitrogens with zero attached hydrogens (tertiary/aromatic N) is 1. The Hall–Kier alpha value is -1.06. The van der Waals surface area contributed by atoms with E-state index in [0.717, 1.165) is 6.54 Å². The molecule has 1 aliphatic heterocycles. The number of aryl methyl sites for hydroxylation is 1. The van der Waals surface area contributed by atoms with Gasteiger partial charge in [-0.2, -0.15) is 0 Å². The van der Waals surface area contributed by atoms with E-state index >= 15 is 0 Å². The van der Waals surface area contributed by atoms with E-state index in [4.69, 9.17) is 4.74 Å². The highest BCUT2D eigenvalue weighted by atomic mass is 16.5. The van der Waals surface area contributed by atoms with E-state index in [-0.39, 0.29) is 11.5 Å². The number of ether oxygens (including phenoxy) is 1. The zero-order valence-electron chi connectivity index (χ0n) is 13.5. The average Bonchev–Trinajstić information content (AvgIpc) is 2.48. The Bertz CT molecular complexity index is 464. The quantitative estimate of drug-likeness (QED) is 0.922. The Kier molecular flexibility index (Phi) is 3.87.